The van der Waals surface area contributed by atoms with Crippen molar-refractivity contribution in [3.05, 3.63) is 29.8 Å². The molecule has 1 aromatic rings. The van der Waals surface area contributed by atoms with Gasteiger partial charge in [-0.15, -0.1) is 0 Å². The van der Waals surface area contributed by atoms with Crippen LogP contribution in [0.25, 0.3) is 0 Å². The van der Waals surface area contributed by atoms with Crippen LogP contribution in [0, 0.1) is 0 Å². The second-order valence-corrected chi connectivity index (χ2v) is 5.71. The first-order valence-electron chi connectivity index (χ1n) is 6.95. The highest BCUT2D eigenvalue weighted by atomic mass is 16.5. The van der Waals surface area contributed by atoms with Crippen LogP contribution in [0.4, 0.5) is 5.69 Å². The van der Waals surface area contributed by atoms with Gasteiger partial charge in [0, 0.05) is 32.6 Å². The van der Waals surface area contributed by atoms with Gasteiger partial charge in [0.1, 0.15) is 0 Å². The number of methoxy groups -OCH3 is 1. The SMILES string of the molecule is COCCCOCCNc1ccc(C(C)(C)C)cc1. The van der Waals surface area contributed by atoms with E-state index < -0.39 is 0 Å². The maximum atomic E-state index is 5.49. The Morgan fingerprint density at radius 2 is 1.68 bits per heavy atom. The van der Waals surface area contributed by atoms with E-state index in [1.54, 1.807) is 7.11 Å². The zero-order valence-electron chi connectivity index (χ0n) is 12.7. The van der Waals surface area contributed by atoms with E-state index in [0.29, 0.717) is 0 Å². The summed E-state index contributed by atoms with van der Waals surface area (Å²) in [5.74, 6) is 0. The average Bonchev–Trinajstić information content (AvgIpc) is 2.37. The van der Waals surface area contributed by atoms with Crippen molar-refractivity contribution in [1.29, 1.82) is 0 Å². The predicted octanol–water partition coefficient (Wildman–Crippen LogP) is 3.45. The number of rotatable bonds is 8. The lowest BCUT2D eigenvalue weighted by Gasteiger charge is -2.19. The molecule has 0 unspecified atom stereocenters. The Bertz CT molecular complexity index is 341. The Morgan fingerprint density at radius 3 is 2.26 bits per heavy atom. The van der Waals surface area contributed by atoms with Gasteiger partial charge in [0.05, 0.1) is 6.61 Å². The number of ether oxygens (including phenoxy) is 2. The van der Waals surface area contributed by atoms with Crippen LogP contribution in [0.2, 0.25) is 0 Å². The van der Waals surface area contributed by atoms with Crippen LogP contribution >= 0.6 is 0 Å². The second kappa shape index (κ2) is 8.18. The summed E-state index contributed by atoms with van der Waals surface area (Å²) in [6.07, 6.45) is 0.955. The van der Waals surface area contributed by atoms with Gasteiger partial charge in [-0.3, -0.25) is 0 Å². The molecular weight excluding hydrogens is 238 g/mol. The summed E-state index contributed by atoms with van der Waals surface area (Å²) in [7, 11) is 1.71. The zero-order valence-corrected chi connectivity index (χ0v) is 12.7. The fourth-order valence-electron chi connectivity index (χ4n) is 1.76. The topological polar surface area (TPSA) is 30.5 Å². The summed E-state index contributed by atoms with van der Waals surface area (Å²) in [4.78, 5) is 0. The van der Waals surface area contributed by atoms with Crippen molar-refractivity contribution >= 4 is 5.69 Å². The minimum atomic E-state index is 0.211. The van der Waals surface area contributed by atoms with Crippen molar-refractivity contribution in [3.63, 3.8) is 0 Å². The number of benzene rings is 1. The van der Waals surface area contributed by atoms with Crippen molar-refractivity contribution < 1.29 is 9.47 Å². The summed E-state index contributed by atoms with van der Waals surface area (Å²) in [5.41, 5.74) is 2.71. The Balaban J connectivity index is 2.20. The van der Waals surface area contributed by atoms with Gasteiger partial charge in [0.25, 0.3) is 0 Å². The van der Waals surface area contributed by atoms with Gasteiger partial charge < -0.3 is 14.8 Å². The summed E-state index contributed by atoms with van der Waals surface area (Å²) in [6, 6.07) is 8.63. The molecule has 0 spiro atoms. The molecule has 0 aliphatic carbocycles. The monoisotopic (exact) mass is 265 g/mol. The van der Waals surface area contributed by atoms with Crippen LogP contribution in [0.1, 0.15) is 32.8 Å². The third-order valence-electron chi connectivity index (χ3n) is 2.96. The third kappa shape index (κ3) is 6.60. The molecule has 1 N–H and O–H groups in total. The molecule has 0 aliphatic heterocycles. The lowest BCUT2D eigenvalue weighted by atomic mass is 9.87. The molecule has 1 aromatic carbocycles. The summed E-state index contributed by atoms with van der Waals surface area (Å²) >= 11 is 0. The maximum Gasteiger partial charge on any atom is 0.0639 e. The van der Waals surface area contributed by atoms with Gasteiger partial charge in [-0.2, -0.15) is 0 Å². The molecule has 0 amide bonds. The van der Waals surface area contributed by atoms with E-state index in [2.05, 4.69) is 50.4 Å². The van der Waals surface area contributed by atoms with Gasteiger partial charge in [0.2, 0.25) is 0 Å². The van der Waals surface area contributed by atoms with Crippen LogP contribution in [0.15, 0.2) is 24.3 Å². The average molecular weight is 265 g/mol. The molecule has 0 radical (unpaired) electrons. The fourth-order valence-corrected chi connectivity index (χ4v) is 1.76. The van der Waals surface area contributed by atoms with E-state index in [4.69, 9.17) is 9.47 Å². The van der Waals surface area contributed by atoms with E-state index in [1.807, 2.05) is 0 Å². The molecule has 1 rings (SSSR count). The highest BCUT2D eigenvalue weighted by molar-refractivity contribution is 5.45. The molecule has 0 bridgehead atoms. The normalized spacial score (nSPS) is 11.6. The summed E-state index contributed by atoms with van der Waals surface area (Å²) < 4.78 is 10.5. The predicted molar refractivity (Wildman–Crippen MR) is 80.9 cm³/mol. The van der Waals surface area contributed by atoms with Crippen LogP contribution in [0.5, 0.6) is 0 Å². The van der Waals surface area contributed by atoms with E-state index in [1.165, 1.54) is 5.56 Å². The van der Waals surface area contributed by atoms with Crippen LogP contribution in [-0.4, -0.2) is 33.5 Å². The smallest absolute Gasteiger partial charge is 0.0639 e. The van der Waals surface area contributed by atoms with E-state index in [9.17, 15) is 0 Å². The fraction of sp³-hybridized carbons (Fsp3) is 0.625. The third-order valence-corrected chi connectivity index (χ3v) is 2.96. The van der Waals surface area contributed by atoms with E-state index >= 15 is 0 Å². The molecule has 0 saturated carbocycles. The molecule has 0 saturated heterocycles. The molecule has 0 fully saturated rings. The molecule has 0 heterocycles. The van der Waals surface area contributed by atoms with E-state index in [0.717, 1.165) is 38.5 Å². The van der Waals surface area contributed by atoms with Crippen molar-refractivity contribution in [1.82, 2.24) is 0 Å². The largest absolute Gasteiger partial charge is 0.385 e. The minimum Gasteiger partial charge on any atom is -0.385 e. The first-order chi connectivity index (χ1) is 9.04. The molecule has 108 valence electrons. The number of hydrogen-bond donors (Lipinski definition) is 1. The number of nitrogens with one attached hydrogen (secondary N) is 1. The minimum absolute atomic E-state index is 0.211. The molecule has 0 aromatic heterocycles. The van der Waals surface area contributed by atoms with E-state index in [-0.39, 0.29) is 5.41 Å². The summed E-state index contributed by atoms with van der Waals surface area (Å²) in [5, 5.41) is 3.36. The van der Waals surface area contributed by atoms with Crippen molar-refractivity contribution in [2.45, 2.75) is 32.6 Å². The van der Waals surface area contributed by atoms with Crippen molar-refractivity contribution in [2.24, 2.45) is 0 Å². The van der Waals surface area contributed by atoms with Gasteiger partial charge >= 0.3 is 0 Å². The molecule has 3 nitrogen and oxygen atoms in total. The zero-order chi connectivity index (χ0) is 14.1. The Kier molecular flexibility index (Phi) is 6.89. The van der Waals surface area contributed by atoms with Crippen LogP contribution in [-0.2, 0) is 14.9 Å². The molecule has 0 atom stereocenters. The van der Waals surface area contributed by atoms with Gasteiger partial charge in [0.15, 0.2) is 0 Å². The van der Waals surface area contributed by atoms with Gasteiger partial charge in [-0.1, -0.05) is 32.9 Å². The van der Waals surface area contributed by atoms with Gasteiger partial charge in [-0.05, 0) is 29.5 Å². The quantitative estimate of drug-likeness (QED) is 0.730. The maximum absolute atomic E-state index is 5.49. The molecular formula is C16H27NO2. The van der Waals surface area contributed by atoms with Gasteiger partial charge in [-0.25, -0.2) is 0 Å². The lowest BCUT2D eigenvalue weighted by molar-refractivity contribution is 0.109. The Labute approximate surface area is 117 Å². The van der Waals surface area contributed by atoms with Crippen LogP contribution < -0.4 is 5.32 Å². The highest BCUT2D eigenvalue weighted by Gasteiger charge is 2.12. The first-order valence-corrected chi connectivity index (χ1v) is 6.95. The second-order valence-electron chi connectivity index (χ2n) is 5.71. The Hall–Kier alpha value is -1.06. The van der Waals surface area contributed by atoms with Crippen LogP contribution in [0.3, 0.4) is 0 Å². The standard InChI is InChI=1S/C16H27NO2/c1-16(2,3)14-6-8-15(9-7-14)17-10-13-19-12-5-11-18-4/h6-9,17H,5,10-13H2,1-4H3. The lowest BCUT2D eigenvalue weighted by Crippen LogP contribution is -2.12. The highest BCUT2D eigenvalue weighted by Crippen LogP contribution is 2.23. The van der Waals surface area contributed by atoms with Crippen molar-refractivity contribution in [3.8, 4) is 0 Å². The number of hydrogen-bond acceptors (Lipinski definition) is 3. The van der Waals surface area contributed by atoms with Crippen molar-refractivity contribution in [2.75, 3.05) is 38.8 Å². The first kappa shape index (κ1) is 16.0. The molecule has 19 heavy (non-hydrogen) atoms. The molecule has 0 aliphatic rings. The number of anilines is 1. The Morgan fingerprint density at radius 1 is 1.00 bits per heavy atom. The summed E-state index contributed by atoms with van der Waals surface area (Å²) in [6.45, 7) is 9.77. The molecule has 3 heteroatoms.